The minimum absolute atomic E-state index is 0.190. The highest BCUT2D eigenvalue weighted by atomic mass is 32.1. The van der Waals surface area contributed by atoms with E-state index >= 15 is 0 Å². The zero-order valence-corrected chi connectivity index (χ0v) is 9.83. The van der Waals surface area contributed by atoms with Gasteiger partial charge >= 0.3 is 0 Å². The van der Waals surface area contributed by atoms with Gasteiger partial charge in [-0.25, -0.2) is 0 Å². The zero-order valence-electron chi connectivity index (χ0n) is 9.02. The smallest absolute Gasteiger partial charge is 0.0718 e. The molecule has 0 amide bonds. The molecule has 3 heteroatoms. The van der Waals surface area contributed by atoms with Crippen molar-refractivity contribution in [3.05, 3.63) is 35.2 Å². The molecule has 1 fully saturated rings. The largest absolute Gasteiger partial charge is 0.389 e. The number of benzene rings is 1. The van der Waals surface area contributed by atoms with Crippen LogP contribution in [-0.4, -0.2) is 16.7 Å². The lowest BCUT2D eigenvalue weighted by atomic mass is 9.73. The maximum Gasteiger partial charge on any atom is 0.0718 e. The third kappa shape index (κ3) is 1.65. The molecule has 0 unspecified atom stereocenters. The lowest BCUT2D eigenvalue weighted by molar-refractivity contribution is -0.0452. The first kappa shape index (κ1) is 10.3. The van der Waals surface area contributed by atoms with Crippen LogP contribution in [-0.2, 0) is 6.42 Å². The SMILES string of the molecule is NC1CC(O)(Cc2csc3ccccc23)C1. The molecule has 2 aromatic rings. The van der Waals surface area contributed by atoms with Crippen LogP contribution in [0.5, 0.6) is 0 Å². The van der Waals surface area contributed by atoms with E-state index in [9.17, 15) is 5.11 Å². The second-order valence-electron chi connectivity index (χ2n) is 4.83. The highest BCUT2D eigenvalue weighted by Gasteiger charge is 2.40. The zero-order chi connectivity index (χ0) is 11.2. The number of nitrogens with two attached hydrogens (primary N) is 1. The van der Waals surface area contributed by atoms with E-state index in [1.807, 2.05) is 0 Å². The first-order valence-electron chi connectivity index (χ1n) is 5.59. The van der Waals surface area contributed by atoms with E-state index in [0.29, 0.717) is 0 Å². The van der Waals surface area contributed by atoms with Gasteiger partial charge < -0.3 is 10.8 Å². The van der Waals surface area contributed by atoms with Gasteiger partial charge in [0.2, 0.25) is 0 Å². The Morgan fingerprint density at radius 3 is 2.88 bits per heavy atom. The lowest BCUT2D eigenvalue weighted by Crippen LogP contribution is -2.52. The Morgan fingerprint density at radius 1 is 1.38 bits per heavy atom. The van der Waals surface area contributed by atoms with Gasteiger partial charge in [0.05, 0.1) is 5.60 Å². The van der Waals surface area contributed by atoms with Crippen molar-refractivity contribution < 1.29 is 5.11 Å². The fraction of sp³-hybridized carbons (Fsp3) is 0.385. The van der Waals surface area contributed by atoms with Crippen LogP contribution in [0, 0.1) is 0 Å². The van der Waals surface area contributed by atoms with E-state index < -0.39 is 5.60 Å². The standard InChI is InChI=1S/C13H15NOS/c14-10-6-13(15,7-10)5-9-8-16-12-4-2-1-3-11(9)12/h1-4,8,10,15H,5-7,14H2. The molecule has 0 spiro atoms. The Bertz CT molecular complexity index is 513. The number of hydrogen-bond donors (Lipinski definition) is 2. The summed E-state index contributed by atoms with van der Waals surface area (Å²) in [7, 11) is 0. The van der Waals surface area contributed by atoms with Gasteiger partial charge in [-0.1, -0.05) is 18.2 Å². The first-order chi connectivity index (χ1) is 7.66. The summed E-state index contributed by atoms with van der Waals surface area (Å²) in [5.74, 6) is 0. The molecule has 1 aromatic carbocycles. The molecule has 0 radical (unpaired) electrons. The number of hydrogen-bond acceptors (Lipinski definition) is 3. The van der Waals surface area contributed by atoms with E-state index in [1.54, 1.807) is 11.3 Å². The molecule has 2 nitrogen and oxygen atoms in total. The summed E-state index contributed by atoms with van der Waals surface area (Å²) in [5, 5.41) is 13.7. The van der Waals surface area contributed by atoms with Crippen LogP contribution in [0.3, 0.4) is 0 Å². The molecule has 0 aliphatic heterocycles. The summed E-state index contributed by atoms with van der Waals surface area (Å²) < 4.78 is 1.30. The van der Waals surface area contributed by atoms with Gasteiger partial charge in [-0.05, 0) is 35.2 Å². The fourth-order valence-electron chi connectivity index (χ4n) is 2.58. The van der Waals surface area contributed by atoms with Gasteiger partial charge in [-0.2, -0.15) is 0 Å². The highest BCUT2D eigenvalue weighted by molar-refractivity contribution is 7.17. The minimum Gasteiger partial charge on any atom is -0.389 e. The topological polar surface area (TPSA) is 46.2 Å². The maximum absolute atomic E-state index is 10.2. The van der Waals surface area contributed by atoms with Gasteiger partial charge in [0.1, 0.15) is 0 Å². The maximum atomic E-state index is 10.2. The molecule has 1 heterocycles. The van der Waals surface area contributed by atoms with Gasteiger partial charge in [-0.15, -0.1) is 11.3 Å². The number of fused-ring (bicyclic) bond motifs is 1. The summed E-state index contributed by atoms with van der Waals surface area (Å²) in [4.78, 5) is 0. The molecular weight excluding hydrogens is 218 g/mol. The number of thiophene rings is 1. The van der Waals surface area contributed by atoms with Crippen LogP contribution in [0.1, 0.15) is 18.4 Å². The second-order valence-corrected chi connectivity index (χ2v) is 5.74. The van der Waals surface area contributed by atoms with Crippen LogP contribution in [0.4, 0.5) is 0 Å². The molecule has 1 aliphatic carbocycles. The second kappa shape index (κ2) is 3.55. The Kier molecular flexibility index (Phi) is 2.28. The molecule has 1 aliphatic rings. The van der Waals surface area contributed by atoms with Crippen molar-refractivity contribution in [3.63, 3.8) is 0 Å². The third-order valence-electron chi connectivity index (χ3n) is 3.36. The molecule has 3 rings (SSSR count). The van der Waals surface area contributed by atoms with Crippen molar-refractivity contribution in [2.45, 2.75) is 30.9 Å². The van der Waals surface area contributed by atoms with Crippen molar-refractivity contribution in [3.8, 4) is 0 Å². The van der Waals surface area contributed by atoms with E-state index in [2.05, 4.69) is 29.6 Å². The van der Waals surface area contributed by atoms with Crippen molar-refractivity contribution >= 4 is 21.4 Å². The molecule has 84 valence electrons. The van der Waals surface area contributed by atoms with Crippen molar-refractivity contribution in [1.82, 2.24) is 0 Å². The molecule has 0 atom stereocenters. The van der Waals surface area contributed by atoms with Crippen molar-refractivity contribution in [2.75, 3.05) is 0 Å². The summed E-state index contributed by atoms with van der Waals surface area (Å²) >= 11 is 1.75. The Labute approximate surface area is 98.7 Å². The fourth-order valence-corrected chi connectivity index (χ4v) is 3.55. The van der Waals surface area contributed by atoms with Gasteiger partial charge in [0.15, 0.2) is 0 Å². The average molecular weight is 233 g/mol. The molecule has 1 aromatic heterocycles. The predicted octanol–water partition coefficient (Wildman–Crippen LogP) is 2.30. The Hall–Kier alpha value is -0.900. The number of rotatable bonds is 2. The van der Waals surface area contributed by atoms with Crippen LogP contribution in [0.25, 0.3) is 10.1 Å². The van der Waals surface area contributed by atoms with E-state index in [1.165, 1.54) is 15.6 Å². The van der Waals surface area contributed by atoms with E-state index in [0.717, 1.165) is 19.3 Å². The molecule has 3 N–H and O–H groups in total. The summed E-state index contributed by atoms with van der Waals surface area (Å²) in [6, 6.07) is 8.55. The third-order valence-corrected chi connectivity index (χ3v) is 4.38. The highest BCUT2D eigenvalue weighted by Crippen LogP contribution is 2.37. The molecule has 16 heavy (non-hydrogen) atoms. The normalized spacial score (nSPS) is 29.2. The summed E-state index contributed by atoms with van der Waals surface area (Å²) in [5.41, 5.74) is 6.45. The average Bonchev–Trinajstić information content (AvgIpc) is 2.60. The lowest BCUT2D eigenvalue weighted by Gasteiger charge is -2.41. The van der Waals surface area contributed by atoms with Crippen LogP contribution in [0.2, 0.25) is 0 Å². The Balaban J connectivity index is 1.90. The Morgan fingerprint density at radius 2 is 2.12 bits per heavy atom. The molecule has 0 saturated heterocycles. The van der Waals surface area contributed by atoms with Crippen LogP contribution < -0.4 is 5.73 Å². The first-order valence-corrected chi connectivity index (χ1v) is 6.47. The predicted molar refractivity (Wildman–Crippen MR) is 67.7 cm³/mol. The van der Waals surface area contributed by atoms with E-state index in [4.69, 9.17) is 5.73 Å². The van der Waals surface area contributed by atoms with E-state index in [-0.39, 0.29) is 6.04 Å². The van der Waals surface area contributed by atoms with Crippen LogP contribution >= 0.6 is 11.3 Å². The molecule has 0 bridgehead atoms. The minimum atomic E-state index is -0.552. The molecular formula is C13H15NOS. The van der Waals surface area contributed by atoms with Gasteiger partial charge in [0, 0.05) is 17.2 Å². The molecule has 1 saturated carbocycles. The van der Waals surface area contributed by atoms with Crippen molar-refractivity contribution in [1.29, 1.82) is 0 Å². The summed E-state index contributed by atoms with van der Waals surface area (Å²) in [6.45, 7) is 0. The summed E-state index contributed by atoms with van der Waals surface area (Å²) in [6.07, 6.45) is 2.21. The van der Waals surface area contributed by atoms with Crippen LogP contribution in [0.15, 0.2) is 29.6 Å². The van der Waals surface area contributed by atoms with Gasteiger partial charge in [-0.3, -0.25) is 0 Å². The monoisotopic (exact) mass is 233 g/mol. The van der Waals surface area contributed by atoms with Crippen molar-refractivity contribution in [2.24, 2.45) is 5.73 Å². The quantitative estimate of drug-likeness (QED) is 0.836. The van der Waals surface area contributed by atoms with Gasteiger partial charge in [0.25, 0.3) is 0 Å². The number of aliphatic hydroxyl groups is 1.